The molecule has 1 heterocycles. The molecule has 0 radical (unpaired) electrons. The van der Waals surface area contributed by atoms with Crippen molar-refractivity contribution in [3.05, 3.63) is 28.8 Å². The first-order valence-electron chi connectivity index (χ1n) is 7.01. The molecule has 110 valence electrons. The third kappa shape index (κ3) is 3.48. The van der Waals surface area contributed by atoms with E-state index < -0.39 is 6.04 Å². The Kier molecular flexibility index (Phi) is 5.35. The first-order valence-corrected chi connectivity index (χ1v) is 8.37. The number of halogens is 1. The lowest BCUT2D eigenvalue weighted by molar-refractivity contribution is -0.124. The zero-order chi connectivity index (χ0) is 14.7. The van der Waals surface area contributed by atoms with Crippen molar-refractivity contribution in [3.8, 4) is 0 Å². The number of hydrogen-bond acceptors (Lipinski definition) is 3. The molecule has 1 aliphatic heterocycles. The highest BCUT2D eigenvalue weighted by atomic mass is 35.5. The summed E-state index contributed by atoms with van der Waals surface area (Å²) in [5.41, 5.74) is 7.10. The maximum atomic E-state index is 12.2. The molecule has 3 nitrogen and oxygen atoms in total. The smallest absolute Gasteiger partial charge is 0.237 e. The first kappa shape index (κ1) is 15.7. The van der Waals surface area contributed by atoms with Gasteiger partial charge in [-0.2, -0.15) is 0 Å². The summed E-state index contributed by atoms with van der Waals surface area (Å²) >= 11 is 7.87. The molecular formula is C15H21ClN2OS. The van der Waals surface area contributed by atoms with Gasteiger partial charge in [0.2, 0.25) is 5.91 Å². The van der Waals surface area contributed by atoms with Crippen LogP contribution in [0.1, 0.15) is 38.3 Å². The minimum absolute atomic E-state index is 0.0209. The normalized spacial score (nSPS) is 20.9. The fourth-order valence-corrected chi connectivity index (χ4v) is 3.58. The number of carbonyl (C=O) groups is 1. The number of amides is 1. The number of thioether (sulfide) groups is 1. The molecule has 0 spiro atoms. The average molecular weight is 313 g/mol. The highest BCUT2D eigenvalue weighted by Gasteiger charge is 2.26. The van der Waals surface area contributed by atoms with Crippen molar-refractivity contribution >= 4 is 29.3 Å². The molecular weight excluding hydrogens is 292 g/mol. The second-order valence-corrected chi connectivity index (χ2v) is 6.86. The molecule has 20 heavy (non-hydrogen) atoms. The van der Waals surface area contributed by atoms with Crippen LogP contribution in [0, 0.1) is 5.92 Å². The highest BCUT2D eigenvalue weighted by molar-refractivity contribution is 7.99. The quantitative estimate of drug-likeness (QED) is 0.896. The molecule has 0 bridgehead atoms. The van der Waals surface area contributed by atoms with E-state index >= 15 is 0 Å². The van der Waals surface area contributed by atoms with Gasteiger partial charge in [0.25, 0.3) is 0 Å². The Labute approximate surface area is 129 Å². The fraction of sp³-hybridized carbons (Fsp3) is 0.533. The van der Waals surface area contributed by atoms with Crippen LogP contribution in [0.25, 0.3) is 0 Å². The minimum Gasteiger partial charge on any atom is -0.348 e. The van der Waals surface area contributed by atoms with Crippen molar-refractivity contribution in [3.63, 3.8) is 0 Å². The van der Waals surface area contributed by atoms with Gasteiger partial charge in [-0.3, -0.25) is 4.79 Å². The summed E-state index contributed by atoms with van der Waals surface area (Å²) in [4.78, 5) is 13.4. The second kappa shape index (κ2) is 6.83. The molecule has 3 atom stereocenters. The molecule has 3 N–H and O–H groups in total. The molecule has 1 aliphatic rings. The van der Waals surface area contributed by atoms with Crippen molar-refractivity contribution in [2.24, 2.45) is 11.7 Å². The lowest BCUT2D eigenvalue weighted by Gasteiger charge is -2.28. The predicted molar refractivity (Wildman–Crippen MR) is 85.1 cm³/mol. The molecule has 0 saturated carbocycles. The van der Waals surface area contributed by atoms with Gasteiger partial charge in [0.05, 0.1) is 12.1 Å². The van der Waals surface area contributed by atoms with Gasteiger partial charge < -0.3 is 11.1 Å². The number of benzene rings is 1. The highest BCUT2D eigenvalue weighted by Crippen LogP contribution is 2.37. The summed E-state index contributed by atoms with van der Waals surface area (Å²) in [6.45, 7) is 4.05. The summed E-state index contributed by atoms with van der Waals surface area (Å²) in [6, 6.07) is 5.44. The van der Waals surface area contributed by atoms with E-state index in [0.717, 1.165) is 24.2 Å². The molecule has 0 saturated heterocycles. The maximum Gasteiger partial charge on any atom is 0.237 e. The van der Waals surface area contributed by atoms with Crippen LogP contribution in [0.4, 0.5) is 0 Å². The molecule has 5 heteroatoms. The SMILES string of the molecule is CCC(C)[C@H](N)C(=O)NC1CCSc2ccc(Cl)cc21. The van der Waals surface area contributed by atoms with E-state index in [-0.39, 0.29) is 17.9 Å². The molecule has 1 aromatic rings. The Hall–Kier alpha value is -0.710. The van der Waals surface area contributed by atoms with E-state index in [1.54, 1.807) is 11.8 Å². The summed E-state index contributed by atoms with van der Waals surface area (Å²) in [5.74, 6) is 1.12. The Bertz CT molecular complexity index is 495. The molecule has 2 rings (SSSR count). The van der Waals surface area contributed by atoms with E-state index in [2.05, 4.69) is 5.32 Å². The van der Waals surface area contributed by atoms with E-state index in [4.69, 9.17) is 17.3 Å². The molecule has 0 aromatic heterocycles. The number of nitrogens with two attached hydrogens (primary N) is 1. The molecule has 1 amide bonds. The Balaban J connectivity index is 2.12. The van der Waals surface area contributed by atoms with Crippen molar-refractivity contribution in [1.29, 1.82) is 0 Å². The summed E-state index contributed by atoms with van der Waals surface area (Å²) in [7, 11) is 0. The standard InChI is InChI=1S/C15H21ClN2OS/c1-3-9(2)14(17)15(19)18-12-6-7-20-13-5-4-10(16)8-11(12)13/h4-5,8-9,12,14H,3,6-7,17H2,1-2H3,(H,18,19)/t9?,12?,14-/m0/s1. The summed E-state index contributed by atoms with van der Waals surface area (Å²) in [5, 5.41) is 3.79. The Morgan fingerprint density at radius 3 is 3.05 bits per heavy atom. The third-order valence-electron chi connectivity index (χ3n) is 3.89. The molecule has 2 unspecified atom stereocenters. The van der Waals surface area contributed by atoms with Crippen LogP contribution in [0.3, 0.4) is 0 Å². The topological polar surface area (TPSA) is 55.1 Å². The van der Waals surface area contributed by atoms with Crippen molar-refractivity contribution in [2.45, 2.75) is 43.7 Å². The monoisotopic (exact) mass is 312 g/mol. The lowest BCUT2D eigenvalue weighted by Crippen LogP contribution is -2.46. The maximum absolute atomic E-state index is 12.2. The fourth-order valence-electron chi connectivity index (χ4n) is 2.30. The van der Waals surface area contributed by atoms with Gasteiger partial charge in [-0.15, -0.1) is 11.8 Å². The van der Waals surface area contributed by atoms with Gasteiger partial charge in [-0.25, -0.2) is 0 Å². The van der Waals surface area contributed by atoms with Gasteiger partial charge in [0, 0.05) is 15.7 Å². The molecule has 1 aromatic carbocycles. The summed E-state index contributed by atoms with van der Waals surface area (Å²) < 4.78 is 0. The van der Waals surface area contributed by atoms with Crippen LogP contribution in [0.5, 0.6) is 0 Å². The van der Waals surface area contributed by atoms with Crippen LogP contribution in [0.2, 0.25) is 5.02 Å². The number of rotatable bonds is 4. The lowest BCUT2D eigenvalue weighted by atomic mass is 9.97. The predicted octanol–water partition coefficient (Wildman–Crippen LogP) is 3.37. The van der Waals surface area contributed by atoms with Crippen LogP contribution in [0.15, 0.2) is 23.1 Å². The minimum atomic E-state index is -0.447. The van der Waals surface area contributed by atoms with Gasteiger partial charge in [0.1, 0.15) is 0 Å². The van der Waals surface area contributed by atoms with E-state index in [9.17, 15) is 4.79 Å². The van der Waals surface area contributed by atoms with Gasteiger partial charge in [-0.05, 0) is 36.1 Å². The Morgan fingerprint density at radius 2 is 2.35 bits per heavy atom. The van der Waals surface area contributed by atoms with Gasteiger partial charge >= 0.3 is 0 Å². The number of hydrogen-bond donors (Lipinski definition) is 2. The van der Waals surface area contributed by atoms with Crippen molar-refractivity contribution in [2.75, 3.05) is 5.75 Å². The number of nitrogens with one attached hydrogen (secondary N) is 1. The zero-order valence-electron chi connectivity index (χ0n) is 11.9. The second-order valence-electron chi connectivity index (χ2n) is 5.29. The summed E-state index contributed by atoms with van der Waals surface area (Å²) in [6.07, 6.45) is 1.81. The van der Waals surface area contributed by atoms with Gasteiger partial charge in [-0.1, -0.05) is 31.9 Å². The van der Waals surface area contributed by atoms with Crippen molar-refractivity contribution < 1.29 is 4.79 Å². The average Bonchev–Trinajstić information content (AvgIpc) is 2.46. The largest absolute Gasteiger partial charge is 0.348 e. The van der Waals surface area contributed by atoms with Gasteiger partial charge in [0.15, 0.2) is 0 Å². The van der Waals surface area contributed by atoms with E-state index in [0.29, 0.717) is 5.02 Å². The zero-order valence-corrected chi connectivity index (χ0v) is 13.4. The van der Waals surface area contributed by atoms with E-state index in [1.807, 2.05) is 32.0 Å². The van der Waals surface area contributed by atoms with Crippen LogP contribution in [-0.4, -0.2) is 17.7 Å². The van der Waals surface area contributed by atoms with Crippen molar-refractivity contribution in [1.82, 2.24) is 5.32 Å². The van der Waals surface area contributed by atoms with E-state index in [1.165, 1.54) is 4.90 Å². The van der Waals surface area contributed by atoms with Crippen LogP contribution in [-0.2, 0) is 4.79 Å². The van der Waals surface area contributed by atoms with Crippen LogP contribution < -0.4 is 11.1 Å². The third-order valence-corrected chi connectivity index (χ3v) is 5.25. The molecule has 0 aliphatic carbocycles. The Morgan fingerprint density at radius 1 is 1.60 bits per heavy atom. The first-order chi connectivity index (χ1) is 9.52. The molecule has 0 fully saturated rings. The number of carbonyl (C=O) groups excluding carboxylic acids is 1. The number of fused-ring (bicyclic) bond motifs is 1. The van der Waals surface area contributed by atoms with Crippen LogP contribution >= 0.6 is 23.4 Å².